The minimum atomic E-state index is -0.0391. The first-order chi connectivity index (χ1) is 9.52. The summed E-state index contributed by atoms with van der Waals surface area (Å²) in [6.45, 7) is 9.41. The van der Waals surface area contributed by atoms with Crippen LogP contribution < -0.4 is 10.6 Å². The Balaban J connectivity index is 1.82. The Labute approximate surface area is 121 Å². The van der Waals surface area contributed by atoms with Gasteiger partial charge in [-0.2, -0.15) is 0 Å². The molecule has 1 saturated heterocycles. The van der Waals surface area contributed by atoms with Crippen LogP contribution in [-0.4, -0.2) is 55.3 Å². The summed E-state index contributed by atoms with van der Waals surface area (Å²) in [7, 11) is 1.78. The highest BCUT2D eigenvalue weighted by molar-refractivity contribution is 5.62. The minimum absolute atomic E-state index is 0.0391. The van der Waals surface area contributed by atoms with Gasteiger partial charge >= 0.3 is 0 Å². The van der Waals surface area contributed by atoms with E-state index in [0.29, 0.717) is 0 Å². The van der Waals surface area contributed by atoms with Crippen LogP contribution in [0.15, 0.2) is 18.3 Å². The van der Waals surface area contributed by atoms with E-state index in [9.17, 15) is 0 Å². The fourth-order valence-corrected chi connectivity index (χ4v) is 2.39. The lowest BCUT2D eigenvalue weighted by atomic mass is 10.0. The van der Waals surface area contributed by atoms with Gasteiger partial charge in [0.1, 0.15) is 0 Å². The number of nitrogens with two attached hydrogens (primary N) is 1. The number of hydrogen-bond acceptors (Lipinski definition) is 5. The van der Waals surface area contributed by atoms with Gasteiger partial charge in [-0.15, -0.1) is 0 Å². The lowest BCUT2D eigenvalue weighted by Gasteiger charge is -2.37. The van der Waals surface area contributed by atoms with Crippen molar-refractivity contribution >= 4 is 11.5 Å². The molecule has 1 aromatic heterocycles. The average molecular weight is 278 g/mol. The molecule has 1 aromatic rings. The first-order valence-corrected chi connectivity index (χ1v) is 7.25. The van der Waals surface area contributed by atoms with E-state index in [1.807, 2.05) is 12.1 Å². The fourth-order valence-electron chi connectivity index (χ4n) is 2.39. The zero-order valence-corrected chi connectivity index (χ0v) is 12.8. The van der Waals surface area contributed by atoms with Crippen LogP contribution >= 0.6 is 0 Å². The molecule has 1 fully saturated rings. The number of piperazine rings is 1. The molecular formula is C15H26N4O. The third-order valence-corrected chi connectivity index (χ3v) is 4.07. The molecule has 112 valence electrons. The first kappa shape index (κ1) is 15.1. The Hall–Kier alpha value is -1.33. The molecule has 0 amide bonds. The quantitative estimate of drug-likeness (QED) is 0.886. The van der Waals surface area contributed by atoms with Crippen LogP contribution in [0, 0.1) is 0 Å². The van der Waals surface area contributed by atoms with Crippen LogP contribution in [0.3, 0.4) is 0 Å². The van der Waals surface area contributed by atoms with Gasteiger partial charge in [-0.3, -0.25) is 4.90 Å². The Morgan fingerprint density at radius 3 is 2.60 bits per heavy atom. The zero-order valence-electron chi connectivity index (χ0n) is 12.8. The molecular weight excluding hydrogens is 252 g/mol. The molecule has 1 aliphatic heterocycles. The molecule has 0 radical (unpaired) electrons. The summed E-state index contributed by atoms with van der Waals surface area (Å²) in [5, 5.41) is 0. The smallest absolute Gasteiger partial charge is 0.151 e. The number of pyridine rings is 1. The summed E-state index contributed by atoms with van der Waals surface area (Å²) in [6, 6.07) is 3.79. The van der Waals surface area contributed by atoms with Gasteiger partial charge in [0.2, 0.25) is 0 Å². The molecule has 0 bridgehead atoms. The van der Waals surface area contributed by atoms with Gasteiger partial charge in [0.25, 0.3) is 0 Å². The molecule has 20 heavy (non-hydrogen) atoms. The molecule has 1 aliphatic rings. The van der Waals surface area contributed by atoms with Gasteiger partial charge in [0.15, 0.2) is 5.82 Å². The van der Waals surface area contributed by atoms with Gasteiger partial charge in [-0.1, -0.05) is 0 Å². The third kappa shape index (κ3) is 3.84. The van der Waals surface area contributed by atoms with Gasteiger partial charge < -0.3 is 15.4 Å². The fraction of sp³-hybridized carbons (Fsp3) is 0.667. The van der Waals surface area contributed by atoms with Crippen LogP contribution in [0.4, 0.5) is 11.5 Å². The maximum absolute atomic E-state index is 5.99. The van der Waals surface area contributed by atoms with Gasteiger partial charge in [-0.25, -0.2) is 4.98 Å². The Morgan fingerprint density at radius 1 is 1.30 bits per heavy atom. The summed E-state index contributed by atoms with van der Waals surface area (Å²) in [4.78, 5) is 9.14. The second kappa shape index (κ2) is 6.41. The normalized spacial score (nSPS) is 17.4. The number of aromatic nitrogens is 1. The molecule has 0 saturated carbocycles. The molecule has 0 aliphatic carbocycles. The average Bonchev–Trinajstić information content (AvgIpc) is 2.46. The number of ether oxygens (including phenoxy) is 1. The van der Waals surface area contributed by atoms with Crippen molar-refractivity contribution in [3.05, 3.63) is 18.3 Å². The molecule has 5 nitrogen and oxygen atoms in total. The number of nitrogen functional groups attached to an aromatic ring is 1. The first-order valence-electron chi connectivity index (χ1n) is 7.25. The van der Waals surface area contributed by atoms with E-state index in [1.165, 1.54) is 0 Å². The molecule has 0 unspecified atom stereocenters. The molecule has 2 rings (SSSR count). The lowest BCUT2D eigenvalue weighted by molar-refractivity contribution is 0.00707. The summed E-state index contributed by atoms with van der Waals surface area (Å²) in [5.74, 6) is 0.921. The topological polar surface area (TPSA) is 54.6 Å². The number of methoxy groups -OCH3 is 1. The number of anilines is 2. The standard InChI is InChI=1S/C15H26N4O/c1-15(2,20-3)6-8-18-9-11-19(12-10-18)14-13(16)5-4-7-17-14/h4-5,7H,6,8-12,16H2,1-3H3. The summed E-state index contributed by atoms with van der Waals surface area (Å²) in [5.41, 5.74) is 6.71. The molecule has 2 N–H and O–H groups in total. The van der Waals surface area contributed by atoms with Crippen LogP contribution in [0.1, 0.15) is 20.3 Å². The summed E-state index contributed by atoms with van der Waals surface area (Å²) >= 11 is 0. The van der Waals surface area contributed by atoms with Crippen LogP contribution in [0.2, 0.25) is 0 Å². The van der Waals surface area contributed by atoms with Crippen molar-refractivity contribution in [3.8, 4) is 0 Å². The van der Waals surface area contributed by atoms with E-state index in [0.717, 1.165) is 50.6 Å². The third-order valence-electron chi connectivity index (χ3n) is 4.07. The Kier molecular flexibility index (Phi) is 4.83. The number of rotatable bonds is 5. The Morgan fingerprint density at radius 2 is 2.00 bits per heavy atom. The van der Waals surface area contributed by atoms with Crippen molar-refractivity contribution in [2.75, 3.05) is 50.5 Å². The zero-order chi connectivity index (χ0) is 14.6. The van der Waals surface area contributed by atoms with E-state index < -0.39 is 0 Å². The molecule has 0 spiro atoms. The predicted octanol–water partition coefficient (Wildman–Crippen LogP) is 1.60. The van der Waals surface area contributed by atoms with Crippen LogP contribution in [-0.2, 0) is 4.74 Å². The van der Waals surface area contributed by atoms with Crippen LogP contribution in [0.25, 0.3) is 0 Å². The van der Waals surface area contributed by atoms with Gasteiger partial charge in [0.05, 0.1) is 11.3 Å². The maximum Gasteiger partial charge on any atom is 0.151 e. The van der Waals surface area contributed by atoms with Crippen molar-refractivity contribution in [3.63, 3.8) is 0 Å². The van der Waals surface area contributed by atoms with Crippen molar-refractivity contribution in [2.24, 2.45) is 0 Å². The van der Waals surface area contributed by atoms with Crippen LogP contribution in [0.5, 0.6) is 0 Å². The molecule has 0 aromatic carbocycles. The number of nitrogens with zero attached hydrogens (tertiary/aromatic N) is 3. The van der Waals surface area contributed by atoms with Crippen molar-refractivity contribution in [2.45, 2.75) is 25.9 Å². The monoisotopic (exact) mass is 278 g/mol. The highest BCUT2D eigenvalue weighted by atomic mass is 16.5. The SMILES string of the molecule is COC(C)(C)CCN1CCN(c2ncccc2N)CC1. The van der Waals surface area contributed by atoms with Gasteiger partial charge in [0, 0.05) is 46.0 Å². The van der Waals surface area contributed by atoms with E-state index in [4.69, 9.17) is 10.5 Å². The maximum atomic E-state index is 5.99. The molecule has 0 atom stereocenters. The van der Waals surface area contributed by atoms with E-state index in [2.05, 4.69) is 28.6 Å². The van der Waals surface area contributed by atoms with E-state index >= 15 is 0 Å². The predicted molar refractivity (Wildman–Crippen MR) is 83.0 cm³/mol. The number of hydrogen-bond donors (Lipinski definition) is 1. The van der Waals surface area contributed by atoms with E-state index in [-0.39, 0.29) is 5.60 Å². The minimum Gasteiger partial charge on any atom is -0.396 e. The molecule has 5 heteroatoms. The Bertz CT molecular complexity index is 428. The largest absolute Gasteiger partial charge is 0.396 e. The van der Waals surface area contributed by atoms with E-state index in [1.54, 1.807) is 13.3 Å². The van der Waals surface area contributed by atoms with Crippen molar-refractivity contribution in [1.82, 2.24) is 9.88 Å². The van der Waals surface area contributed by atoms with Crippen molar-refractivity contribution in [1.29, 1.82) is 0 Å². The highest BCUT2D eigenvalue weighted by Crippen LogP contribution is 2.21. The highest BCUT2D eigenvalue weighted by Gasteiger charge is 2.22. The second-order valence-electron chi connectivity index (χ2n) is 5.96. The summed E-state index contributed by atoms with van der Waals surface area (Å²) < 4.78 is 5.47. The molecule has 2 heterocycles. The van der Waals surface area contributed by atoms with Gasteiger partial charge in [-0.05, 0) is 32.4 Å². The lowest BCUT2D eigenvalue weighted by Crippen LogP contribution is -2.48. The second-order valence-corrected chi connectivity index (χ2v) is 5.96. The summed E-state index contributed by atoms with van der Waals surface area (Å²) in [6.07, 6.45) is 2.86. The van der Waals surface area contributed by atoms with Crippen molar-refractivity contribution < 1.29 is 4.74 Å².